The standard InChI is InChI=1S/C18H14BrNO4/c1-23-18(22)11-6-7-17(14(19)8-11)24-10-16(21)13-9-20-15-5-3-2-4-12(13)15/h2-9,20H,10H2,1H3. The van der Waals surface area contributed by atoms with Gasteiger partial charge in [-0.3, -0.25) is 4.79 Å². The number of fused-ring (bicyclic) bond motifs is 1. The molecule has 0 saturated carbocycles. The fourth-order valence-electron chi connectivity index (χ4n) is 2.39. The van der Waals surface area contributed by atoms with Crippen molar-refractivity contribution >= 4 is 38.6 Å². The topological polar surface area (TPSA) is 68.4 Å². The summed E-state index contributed by atoms with van der Waals surface area (Å²) < 4.78 is 10.8. The number of ketones is 1. The summed E-state index contributed by atoms with van der Waals surface area (Å²) in [6.45, 7) is -0.0992. The highest BCUT2D eigenvalue weighted by molar-refractivity contribution is 9.10. The average molecular weight is 388 g/mol. The van der Waals surface area contributed by atoms with E-state index in [-0.39, 0.29) is 12.4 Å². The molecule has 24 heavy (non-hydrogen) atoms. The number of para-hydroxylation sites is 1. The lowest BCUT2D eigenvalue weighted by atomic mass is 10.1. The highest BCUT2D eigenvalue weighted by atomic mass is 79.9. The van der Waals surface area contributed by atoms with Crippen molar-refractivity contribution in [2.75, 3.05) is 13.7 Å². The molecule has 1 N–H and O–H groups in total. The van der Waals surface area contributed by atoms with Gasteiger partial charge in [0, 0.05) is 22.7 Å². The Balaban J connectivity index is 1.74. The van der Waals surface area contributed by atoms with E-state index in [1.807, 2.05) is 24.3 Å². The van der Waals surface area contributed by atoms with Crippen molar-refractivity contribution < 1.29 is 19.1 Å². The van der Waals surface area contributed by atoms with Gasteiger partial charge in [0.25, 0.3) is 0 Å². The molecule has 0 atom stereocenters. The number of halogens is 1. The number of aromatic amines is 1. The highest BCUT2D eigenvalue weighted by Gasteiger charge is 2.14. The average Bonchev–Trinajstić information content (AvgIpc) is 3.03. The molecule has 0 aliphatic heterocycles. The molecule has 3 aromatic rings. The van der Waals surface area contributed by atoms with Gasteiger partial charge in [0.2, 0.25) is 5.78 Å². The van der Waals surface area contributed by atoms with Gasteiger partial charge in [0.1, 0.15) is 5.75 Å². The lowest BCUT2D eigenvalue weighted by Crippen LogP contribution is -2.11. The van der Waals surface area contributed by atoms with E-state index < -0.39 is 5.97 Å². The van der Waals surface area contributed by atoms with Crippen LogP contribution in [0.3, 0.4) is 0 Å². The normalized spacial score (nSPS) is 10.6. The number of ether oxygens (including phenoxy) is 2. The van der Waals surface area contributed by atoms with Gasteiger partial charge in [0.15, 0.2) is 6.61 Å². The van der Waals surface area contributed by atoms with Crippen molar-refractivity contribution in [1.82, 2.24) is 4.98 Å². The van der Waals surface area contributed by atoms with E-state index in [1.165, 1.54) is 7.11 Å². The van der Waals surface area contributed by atoms with Crippen molar-refractivity contribution in [2.24, 2.45) is 0 Å². The van der Waals surface area contributed by atoms with E-state index in [1.54, 1.807) is 24.4 Å². The Morgan fingerprint density at radius 2 is 1.96 bits per heavy atom. The molecule has 1 aromatic heterocycles. The van der Waals surface area contributed by atoms with Crippen LogP contribution in [0.1, 0.15) is 20.7 Å². The van der Waals surface area contributed by atoms with Crippen LogP contribution in [0.5, 0.6) is 5.75 Å². The maximum atomic E-state index is 12.4. The number of carbonyl (C=O) groups is 2. The zero-order chi connectivity index (χ0) is 17.1. The van der Waals surface area contributed by atoms with Crippen molar-refractivity contribution in [3.05, 3.63) is 64.3 Å². The van der Waals surface area contributed by atoms with Gasteiger partial charge in [-0.15, -0.1) is 0 Å². The fourth-order valence-corrected chi connectivity index (χ4v) is 2.88. The second-order valence-electron chi connectivity index (χ2n) is 5.10. The number of hydrogen-bond acceptors (Lipinski definition) is 4. The van der Waals surface area contributed by atoms with Crippen molar-refractivity contribution in [3.63, 3.8) is 0 Å². The maximum Gasteiger partial charge on any atom is 0.337 e. The summed E-state index contributed by atoms with van der Waals surface area (Å²) in [4.78, 5) is 26.9. The third kappa shape index (κ3) is 3.19. The SMILES string of the molecule is COC(=O)c1ccc(OCC(=O)c2c[nH]c3ccccc23)c(Br)c1. The molecule has 5 nitrogen and oxygen atoms in total. The molecular weight excluding hydrogens is 374 g/mol. The molecule has 0 aliphatic carbocycles. The Morgan fingerprint density at radius 3 is 2.71 bits per heavy atom. The molecule has 3 rings (SSSR count). The minimum atomic E-state index is -0.433. The number of esters is 1. The van der Waals surface area contributed by atoms with Crippen molar-refractivity contribution in [2.45, 2.75) is 0 Å². The summed E-state index contributed by atoms with van der Waals surface area (Å²) in [7, 11) is 1.32. The van der Waals surface area contributed by atoms with Gasteiger partial charge in [-0.05, 0) is 40.2 Å². The van der Waals surface area contributed by atoms with Crippen LogP contribution >= 0.6 is 15.9 Å². The monoisotopic (exact) mass is 387 g/mol. The fraction of sp³-hybridized carbons (Fsp3) is 0.111. The number of rotatable bonds is 5. The van der Waals surface area contributed by atoms with E-state index in [2.05, 4.69) is 25.7 Å². The predicted molar refractivity (Wildman–Crippen MR) is 93.6 cm³/mol. The van der Waals surface area contributed by atoms with Gasteiger partial charge in [-0.1, -0.05) is 18.2 Å². The number of aromatic nitrogens is 1. The Hall–Kier alpha value is -2.60. The largest absolute Gasteiger partial charge is 0.484 e. The number of H-pyrrole nitrogens is 1. The summed E-state index contributed by atoms with van der Waals surface area (Å²) in [6.07, 6.45) is 1.69. The molecule has 122 valence electrons. The predicted octanol–water partition coefficient (Wildman–Crippen LogP) is 3.98. The second-order valence-corrected chi connectivity index (χ2v) is 5.95. The molecule has 0 bridgehead atoms. The second kappa shape index (κ2) is 6.88. The first-order valence-electron chi connectivity index (χ1n) is 7.20. The molecular formula is C18H14BrNO4. The first kappa shape index (κ1) is 16.3. The smallest absolute Gasteiger partial charge is 0.337 e. The van der Waals surface area contributed by atoms with Crippen LogP contribution in [0.15, 0.2) is 53.1 Å². The van der Waals surface area contributed by atoms with E-state index in [0.29, 0.717) is 21.3 Å². The van der Waals surface area contributed by atoms with Crippen LogP contribution in [0, 0.1) is 0 Å². The zero-order valence-corrected chi connectivity index (χ0v) is 14.4. The Labute approximate surface area is 146 Å². The number of benzene rings is 2. The van der Waals surface area contributed by atoms with Crippen LogP contribution < -0.4 is 4.74 Å². The van der Waals surface area contributed by atoms with E-state index in [4.69, 9.17) is 4.74 Å². The molecule has 0 saturated heterocycles. The number of methoxy groups -OCH3 is 1. The van der Waals surface area contributed by atoms with Crippen molar-refractivity contribution in [1.29, 1.82) is 0 Å². The Bertz CT molecular complexity index is 916. The lowest BCUT2D eigenvalue weighted by molar-refractivity contribution is 0.0600. The van der Waals surface area contributed by atoms with Crippen LogP contribution in [-0.4, -0.2) is 30.5 Å². The quantitative estimate of drug-likeness (QED) is 0.530. The van der Waals surface area contributed by atoms with Gasteiger partial charge in [-0.2, -0.15) is 0 Å². The molecule has 1 heterocycles. The van der Waals surface area contributed by atoms with E-state index >= 15 is 0 Å². The van der Waals surface area contributed by atoms with E-state index in [0.717, 1.165) is 10.9 Å². The molecule has 0 aliphatic rings. The van der Waals surface area contributed by atoms with Crippen LogP contribution in [0.4, 0.5) is 0 Å². The summed E-state index contributed by atoms with van der Waals surface area (Å²) in [6, 6.07) is 12.4. The number of Topliss-reactive ketones (excluding diaryl/α,β-unsaturated/α-hetero) is 1. The lowest BCUT2D eigenvalue weighted by Gasteiger charge is -2.08. The van der Waals surface area contributed by atoms with Gasteiger partial charge in [-0.25, -0.2) is 4.79 Å². The van der Waals surface area contributed by atoms with Crippen molar-refractivity contribution in [3.8, 4) is 5.75 Å². The maximum absolute atomic E-state index is 12.4. The van der Waals surface area contributed by atoms with Gasteiger partial charge in [0.05, 0.1) is 17.1 Å². The van der Waals surface area contributed by atoms with Crippen LogP contribution in [0.2, 0.25) is 0 Å². The van der Waals surface area contributed by atoms with Crippen LogP contribution in [-0.2, 0) is 4.74 Å². The first-order chi connectivity index (χ1) is 11.6. The molecule has 0 radical (unpaired) electrons. The number of hydrogen-bond donors (Lipinski definition) is 1. The summed E-state index contributed by atoms with van der Waals surface area (Å²) in [5, 5.41) is 0.867. The van der Waals surface area contributed by atoms with Crippen LogP contribution in [0.25, 0.3) is 10.9 Å². The summed E-state index contributed by atoms with van der Waals surface area (Å²) >= 11 is 3.33. The Morgan fingerprint density at radius 1 is 1.17 bits per heavy atom. The molecule has 6 heteroatoms. The minimum Gasteiger partial charge on any atom is -0.484 e. The minimum absolute atomic E-state index is 0.0992. The van der Waals surface area contributed by atoms with E-state index in [9.17, 15) is 9.59 Å². The molecule has 0 unspecified atom stereocenters. The summed E-state index contributed by atoms with van der Waals surface area (Å²) in [5.74, 6) is -0.0793. The molecule has 0 fully saturated rings. The highest BCUT2D eigenvalue weighted by Crippen LogP contribution is 2.27. The zero-order valence-electron chi connectivity index (χ0n) is 12.8. The molecule has 0 amide bonds. The molecule has 2 aromatic carbocycles. The number of carbonyl (C=O) groups excluding carboxylic acids is 2. The number of nitrogens with one attached hydrogen (secondary N) is 1. The third-order valence-corrected chi connectivity index (χ3v) is 4.22. The van der Waals surface area contributed by atoms with Gasteiger partial charge >= 0.3 is 5.97 Å². The Kier molecular flexibility index (Phi) is 4.66. The third-order valence-electron chi connectivity index (χ3n) is 3.60. The van der Waals surface area contributed by atoms with Gasteiger partial charge < -0.3 is 14.5 Å². The first-order valence-corrected chi connectivity index (χ1v) is 7.99. The summed E-state index contributed by atoms with van der Waals surface area (Å²) in [5.41, 5.74) is 1.90. The molecule has 0 spiro atoms.